The number of hydrogen-bond acceptors (Lipinski definition) is 1. The average Bonchev–Trinajstić information content (AvgIpc) is 2.37. The lowest BCUT2D eigenvalue weighted by molar-refractivity contribution is 0.414. The van der Waals surface area contributed by atoms with E-state index in [-0.39, 0.29) is 0 Å². The summed E-state index contributed by atoms with van der Waals surface area (Å²) in [6, 6.07) is 5.86. The zero-order chi connectivity index (χ0) is 14.4. The maximum absolute atomic E-state index is 5.17. The van der Waals surface area contributed by atoms with Crippen LogP contribution in [0, 0.1) is 0 Å². The van der Waals surface area contributed by atoms with Gasteiger partial charge in [0.25, 0.3) is 0 Å². The van der Waals surface area contributed by atoms with Crippen LogP contribution in [0.1, 0.15) is 20.8 Å². The molecule has 0 aliphatic heterocycles. The molecule has 0 atom stereocenters. The third-order valence-electron chi connectivity index (χ3n) is 2.85. The summed E-state index contributed by atoms with van der Waals surface area (Å²) in [5.41, 5.74) is 3.42. The van der Waals surface area contributed by atoms with Gasteiger partial charge in [0, 0.05) is 0 Å². The molecule has 0 saturated heterocycles. The molecule has 0 amide bonds. The molecule has 100 valence electrons. The Labute approximate surface area is 115 Å². The molecule has 0 fully saturated rings. The second-order valence-corrected chi connectivity index (χ2v) is 4.83. The van der Waals surface area contributed by atoms with E-state index in [0.717, 1.165) is 27.3 Å². The van der Waals surface area contributed by atoms with Crippen LogP contribution < -0.4 is 15.2 Å². The van der Waals surface area contributed by atoms with Crippen LogP contribution in [0.3, 0.4) is 0 Å². The first-order valence-corrected chi connectivity index (χ1v) is 6.30. The molecule has 0 saturated carbocycles. The summed E-state index contributed by atoms with van der Waals surface area (Å²) in [4.78, 5) is 0. The van der Waals surface area contributed by atoms with E-state index in [0.29, 0.717) is 0 Å². The van der Waals surface area contributed by atoms with Crippen LogP contribution >= 0.6 is 0 Å². The molecule has 0 unspecified atom stereocenters. The van der Waals surface area contributed by atoms with Crippen molar-refractivity contribution < 1.29 is 4.74 Å². The van der Waals surface area contributed by atoms with Gasteiger partial charge in [0.2, 0.25) is 0 Å². The highest BCUT2D eigenvalue weighted by Gasteiger charge is 1.94. The van der Waals surface area contributed by atoms with Crippen LogP contribution in [0.4, 0.5) is 0 Å². The van der Waals surface area contributed by atoms with Crippen molar-refractivity contribution in [1.82, 2.24) is 0 Å². The van der Waals surface area contributed by atoms with Gasteiger partial charge in [0.1, 0.15) is 5.75 Å². The maximum atomic E-state index is 5.17. The summed E-state index contributed by atoms with van der Waals surface area (Å²) in [7, 11) is 1.66. The Balaban J connectivity index is 3.10. The predicted molar refractivity (Wildman–Crippen MR) is 84.6 cm³/mol. The molecule has 1 heteroatoms. The van der Waals surface area contributed by atoms with Crippen molar-refractivity contribution in [3.05, 3.63) is 64.1 Å². The molecule has 19 heavy (non-hydrogen) atoms. The van der Waals surface area contributed by atoms with Crippen molar-refractivity contribution >= 4 is 12.7 Å². The van der Waals surface area contributed by atoms with Gasteiger partial charge in [-0.05, 0) is 60.6 Å². The van der Waals surface area contributed by atoms with Crippen LogP contribution in [0.2, 0.25) is 0 Å². The molecule has 0 radical (unpaired) electrons. The van der Waals surface area contributed by atoms with Crippen molar-refractivity contribution in [3.8, 4) is 5.75 Å². The van der Waals surface area contributed by atoms with Gasteiger partial charge in [0.15, 0.2) is 0 Å². The Bertz CT molecular complexity index is 626. The Hall–Kier alpha value is -2.02. The zero-order valence-corrected chi connectivity index (χ0v) is 12.3. The van der Waals surface area contributed by atoms with Crippen LogP contribution in [-0.4, -0.2) is 7.11 Å². The second kappa shape index (κ2) is 6.79. The highest BCUT2D eigenvalue weighted by Crippen LogP contribution is 2.09. The SMILES string of the molecule is C=C(/C=c1/ccc(OC)cc1=C)/C(C)=C/C=C(C)C. The van der Waals surface area contributed by atoms with E-state index in [1.807, 2.05) is 24.3 Å². The Morgan fingerprint density at radius 3 is 2.37 bits per heavy atom. The Kier molecular flexibility index (Phi) is 5.37. The van der Waals surface area contributed by atoms with E-state index in [1.54, 1.807) is 7.11 Å². The fourth-order valence-corrected chi connectivity index (χ4v) is 1.55. The van der Waals surface area contributed by atoms with Gasteiger partial charge in [0.05, 0.1) is 7.11 Å². The minimum absolute atomic E-state index is 0.824. The molecule has 0 aliphatic carbocycles. The van der Waals surface area contributed by atoms with Crippen molar-refractivity contribution in [2.75, 3.05) is 7.11 Å². The summed E-state index contributed by atoms with van der Waals surface area (Å²) in [6.07, 6.45) is 6.22. The van der Waals surface area contributed by atoms with E-state index in [9.17, 15) is 0 Å². The lowest BCUT2D eigenvalue weighted by atomic mass is 10.1. The van der Waals surface area contributed by atoms with Gasteiger partial charge >= 0.3 is 0 Å². The molecule has 0 heterocycles. The molecule has 1 rings (SSSR count). The van der Waals surface area contributed by atoms with Crippen LogP contribution in [0.25, 0.3) is 12.7 Å². The Morgan fingerprint density at radius 1 is 1.16 bits per heavy atom. The van der Waals surface area contributed by atoms with Gasteiger partial charge in [-0.2, -0.15) is 0 Å². The van der Waals surface area contributed by atoms with Crippen molar-refractivity contribution in [3.63, 3.8) is 0 Å². The summed E-state index contributed by atoms with van der Waals surface area (Å²) in [5, 5.41) is 2.01. The highest BCUT2D eigenvalue weighted by molar-refractivity contribution is 5.56. The number of methoxy groups -OCH3 is 1. The predicted octanol–water partition coefficient (Wildman–Crippen LogP) is 3.35. The molecule has 1 aromatic carbocycles. The van der Waals surface area contributed by atoms with Crippen LogP contribution in [0.5, 0.6) is 5.75 Å². The summed E-state index contributed by atoms with van der Waals surface area (Å²) >= 11 is 0. The fraction of sp³-hybridized carbons (Fsp3) is 0.222. The zero-order valence-electron chi connectivity index (χ0n) is 12.3. The first-order chi connectivity index (χ1) is 8.93. The number of allylic oxidation sites excluding steroid dienone is 5. The van der Waals surface area contributed by atoms with Gasteiger partial charge in [-0.15, -0.1) is 0 Å². The first-order valence-electron chi connectivity index (χ1n) is 6.30. The normalized spacial score (nSPS) is 12.2. The monoisotopic (exact) mass is 254 g/mol. The average molecular weight is 254 g/mol. The molecule has 1 nitrogen and oxygen atoms in total. The second-order valence-electron chi connectivity index (χ2n) is 4.83. The first kappa shape index (κ1) is 15.0. The maximum Gasteiger partial charge on any atom is 0.119 e. The standard InChI is InChI=1S/C18H22O/c1-13(2)7-8-14(3)15(4)11-17-9-10-18(19-6)12-16(17)5/h7-12H,4-5H2,1-3,6H3/b14-8+,17-11-. The molecule has 0 spiro atoms. The van der Waals surface area contributed by atoms with Crippen LogP contribution in [-0.2, 0) is 0 Å². The number of hydrogen-bond donors (Lipinski definition) is 0. The molecule has 1 aromatic rings. The lowest BCUT2D eigenvalue weighted by Gasteiger charge is -2.01. The number of benzene rings is 1. The van der Waals surface area contributed by atoms with Crippen molar-refractivity contribution in [1.29, 1.82) is 0 Å². The van der Waals surface area contributed by atoms with Gasteiger partial charge in [-0.1, -0.05) is 36.9 Å². The summed E-state index contributed by atoms with van der Waals surface area (Å²) < 4.78 is 5.17. The molecular formula is C18H22O. The molecular weight excluding hydrogens is 232 g/mol. The number of ether oxygens (including phenoxy) is 1. The smallest absolute Gasteiger partial charge is 0.119 e. The van der Waals surface area contributed by atoms with Gasteiger partial charge in [-0.25, -0.2) is 0 Å². The quantitative estimate of drug-likeness (QED) is 0.749. The molecule has 0 aromatic heterocycles. The van der Waals surface area contributed by atoms with Crippen LogP contribution in [0.15, 0.2) is 53.6 Å². The van der Waals surface area contributed by atoms with E-state index in [1.165, 1.54) is 5.57 Å². The third kappa shape index (κ3) is 4.63. The van der Waals surface area contributed by atoms with Gasteiger partial charge < -0.3 is 4.74 Å². The summed E-state index contributed by atoms with van der Waals surface area (Å²) in [6.45, 7) is 14.3. The summed E-state index contributed by atoms with van der Waals surface area (Å²) in [5.74, 6) is 0.824. The topological polar surface area (TPSA) is 9.23 Å². The minimum Gasteiger partial charge on any atom is -0.497 e. The van der Waals surface area contributed by atoms with Crippen molar-refractivity contribution in [2.24, 2.45) is 0 Å². The molecule has 0 aliphatic rings. The third-order valence-corrected chi connectivity index (χ3v) is 2.85. The van der Waals surface area contributed by atoms with E-state index in [2.05, 4.69) is 46.1 Å². The highest BCUT2D eigenvalue weighted by atomic mass is 16.5. The van der Waals surface area contributed by atoms with E-state index >= 15 is 0 Å². The largest absolute Gasteiger partial charge is 0.497 e. The Morgan fingerprint density at radius 2 is 1.84 bits per heavy atom. The van der Waals surface area contributed by atoms with E-state index < -0.39 is 0 Å². The van der Waals surface area contributed by atoms with E-state index in [4.69, 9.17) is 4.74 Å². The molecule has 0 N–H and O–H groups in total. The fourth-order valence-electron chi connectivity index (χ4n) is 1.55. The van der Waals surface area contributed by atoms with Gasteiger partial charge in [-0.3, -0.25) is 0 Å². The number of rotatable bonds is 4. The van der Waals surface area contributed by atoms with Crippen molar-refractivity contribution in [2.45, 2.75) is 20.8 Å². The lowest BCUT2D eigenvalue weighted by Crippen LogP contribution is -2.22. The minimum atomic E-state index is 0.824. The molecule has 0 bridgehead atoms.